The van der Waals surface area contributed by atoms with Gasteiger partial charge in [0, 0.05) is 21.3 Å². The molecular formula is C16H17BrO2S. The van der Waals surface area contributed by atoms with Crippen LogP contribution in [0.5, 0.6) is 5.75 Å². The van der Waals surface area contributed by atoms with Crippen LogP contribution in [-0.2, 0) is 6.42 Å². The summed E-state index contributed by atoms with van der Waals surface area (Å²) in [5, 5.41) is 1.98. The first kappa shape index (κ1) is 15.3. The molecule has 0 aliphatic rings. The molecule has 4 heteroatoms. The Labute approximate surface area is 131 Å². The van der Waals surface area contributed by atoms with Crippen LogP contribution in [-0.4, -0.2) is 12.4 Å². The van der Waals surface area contributed by atoms with E-state index in [4.69, 9.17) is 4.74 Å². The van der Waals surface area contributed by atoms with Gasteiger partial charge in [-0.25, -0.2) is 0 Å². The molecule has 1 heterocycles. The first-order chi connectivity index (χ1) is 9.70. The third-order valence-corrected chi connectivity index (χ3v) is 4.88. The molecule has 0 saturated carbocycles. The highest BCUT2D eigenvalue weighted by atomic mass is 79.9. The van der Waals surface area contributed by atoms with Crippen LogP contribution in [0.15, 0.2) is 40.2 Å². The van der Waals surface area contributed by atoms with E-state index in [-0.39, 0.29) is 5.78 Å². The topological polar surface area (TPSA) is 26.3 Å². The molecule has 0 saturated heterocycles. The van der Waals surface area contributed by atoms with Crippen molar-refractivity contribution in [1.29, 1.82) is 0 Å². The van der Waals surface area contributed by atoms with Crippen LogP contribution in [0.1, 0.15) is 35.0 Å². The van der Waals surface area contributed by atoms with Gasteiger partial charge in [0.2, 0.25) is 0 Å². The third kappa shape index (κ3) is 4.18. The van der Waals surface area contributed by atoms with Gasteiger partial charge in [0.1, 0.15) is 5.75 Å². The van der Waals surface area contributed by atoms with Crippen molar-refractivity contribution in [2.45, 2.75) is 26.2 Å². The fourth-order valence-corrected chi connectivity index (χ4v) is 3.26. The Balaban J connectivity index is 1.95. The highest BCUT2D eigenvalue weighted by molar-refractivity contribution is 9.10. The van der Waals surface area contributed by atoms with E-state index in [1.807, 2.05) is 35.7 Å². The smallest absolute Gasteiger partial charge is 0.168 e. The molecule has 0 bridgehead atoms. The number of unbranched alkanes of at least 4 members (excludes halogenated alkanes) is 1. The molecule has 1 aromatic heterocycles. The zero-order valence-corrected chi connectivity index (χ0v) is 13.8. The number of carbonyl (C=O) groups is 1. The van der Waals surface area contributed by atoms with Crippen LogP contribution in [0.4, 0.5) is 0 Å². The van der Waals surface area contributed by atoms with E-state index >= 15 is 0 Å². The molecule has 2 nitrogen and oxygen atoms in total. The average Bonchev–Trinajstić information content (AvgIpc) is 2.85. The van der Waals surface area contributed by atoms with Crippen LogP contribution >= 0.6 is 27.3 Å². The molecule has 20 heavy (non-hydrogen) atoms. The molecule has 0 aliphatic carbocycles. The molecule has 0 atom stereocenters. The molecule has 2 rings (SSSR count). The zero-order chi connectivity index (χ0) is 14.4. The van der Waals surface area contributed by atoms with E-state index in [1.54, 1.807) is 11.3 Å². The van der Waals surface area contributed by atoms with Crippen molar-refractivity contribution in [3.05, 3.63) is 50.6 Å². The van der Waals surface area contributed by atoms with Crippen LogP contribution in [0.25, 0.3) is 0 Å². The van der Waals surface area contributed by atoms with Crippen molar-refractivity contribution < 1.29 is 9.53 Å². The number of ketones is 1. The maximum atomic E-state index is 12.2. The lowest BCUT2D eigenvalue weighted by atomic mass is 10.1. The summed E-state index contributed by atoms with van der Waals surface area (Å²) in [6.45, 7) is 2.86. The summed E-state index contributed by atoms with van der Waals surface area (Å²) >= 11 is 5.05. The van der Waals surface area contributed by atoms with E-state index in [9.17, 15) is 4.79 Å². The highest BCUT2D eigenvalue weighted by Crippen LogP contribution is 2.24. The zero-order valence-electron chi connectivity index (χ0n) is 11.4. The van der Waals surface area contributed by atoms with E-state index in [0.717, 1.165) is 40.1 Å². The summed E-state index contributed by atoms with van der Waals surface area (Å²) in [4.78, 5) is 13.2. The number of benzene rings is 1. The minimum absolute atomic E-state index is 0.133. The Morgan fingerprint density at radius 2 is 2.00 bits per heavy atom. The van der Waals surface area contributed by atoms with Crippen molar-refractivity contribution in [3.8, 4) is 5.75 Å². The van der Waals surface area contributed by atoms with E-state index in [1.165, 1.54) is 0 Å². The van der Waals surface area contributed by atoms with Crippen LogP contribution < -0.4 is 4.74 Å². The van der Waals surface area contributed by atoms with Crippen molar-refractivity contribution in [2.75, 3.05) is 6.61 Å². The van der Waals surface area contributed by atoms with Crippen LogP contribution in [0, 0.1) is 0 Å². The Bertz CT molecular complexity index is 560. The summed E-state index contributed by atoms with van der Waals surface area (Å²) in [5.74, 6) is 0.959. The summed E-state index contributed by atoms with van der Waals surface area (Å²) in [6, 6.07) is 9.38. The lowest BCUT2D eigenvalue weighted by Gasteiger charge is -2.06. The van der Waals surface area contributed by atoms with Gasteiger partial charge in [0.05, 0.1) is 6.61 Å². The Morgan fingerprint density at radius 3 is 2.60 bits per heavy atom. The quantitative estimate of drug-likeness (QED) is 0.510. The Hall–Kier alpha value is -1.13. The number of carbonyl (C=O) groups excluding carboxylic acids is 1. The van der Waals surface area contributed by atoms with E-state index < -0.39 is 0 Å². The van der Waals surface area contributed by atoms with Gasteiger partial charge >= 0.3 is 0 Å². The molecule has 0 amide bonds. The molecule has 1 aromatic carbocycles. The first-order valence-corrected chi connectivity index (χ1v) is 8.36. The van der Waals surface area contributed by atoms with Gasteiger partial charge in [-0.3, -0.25) is 4.79 Å². The number of thiophene rings is 1. The second-order valence-corrected chi connectivity index (χ2v) is 6.37. The number of hydrogen-bond donors (Lipinski definition) is 0. The lowest BCUT2D eigenvalue weighted by Crippen LogP contribution is -2.03. The summed E-state index contributed by atoms with van der Waals surface area (Å²) < 4.78 is 6.60. The highest BCUT2D eigenvalue weighted by Gasteiger charge is 2.10. The van der Waals surface area contributed by atoms with Crippen LogP contribution in [0.2, 0.25) is 0 Å². The number of Topliss-reactive ketones (excluding diaryl/α,β-unsaturated/α-hetero) is 1. The maximum absolute atomic E-state index is 12.2. The Morgan fingerprint density at radius 1 is 1.25 bits per heavy atom. The molecule has 0 radical (unpaired) electrons. The third-order valence-electron chi connectivity index (χ3n) is 2.96. The minimum Gasteiger partial charge on any atom is -0.494 e. The standard InChI is InChI=1S/C16H17BrO2S/c1-2-3-9-19-13-6-4-12(5-7-13)15(18)11-16-14(17)8-10-20-16/h4-8,10H,2-3,9,11H2,1H3. The minimum atomic E-state index is 0.133. The predicted octanol–water partition coefficient (Wildman–Crippen LogP) is 5.11. The van der Waals surface area contributed by atoms with E-state index in [2.05, 4.69) is 22.9 Å². The second kappa shape index (κ2) is 7.60. The second-order valence-electron chi connectivity index (χ2n) is 4.52. The molecule has 0 aliphatic heterocycles. The van der Waals surface area contributed by atoms with Gasteiger partial charge in [-0.2, -0.15) is 0 Å². The van der Waals surface area contributed by atoms with Crippen LogP contribution in [0.3, 0.4) is 0 Å². The summed E-state index contributed by atoms with van der Waals surface area (Å²) in [5.41, 5.74) is 0.730. The molecule has 2 aromatic rings. The predicted molar refractivity (Wildman–Crippen MR) is 86.9 cm³/mol. The summed E-state index contributed by atoms with van der Waals surface area (Å²) in [7, 11) is 0. The van der Waals surface area contributed by atoms with Gasteiger partial charge < -0.3 is 4.74 Å². The molecule has 106 valence electrons. The first-order valence-electron chi connectivity index (χ1n) is 6.68. The van der Waals surface area contributed by atoms with Crippen molar-refractivity contribution >= 4 is 33.0 Å². The van der Waals surface area contributed by atoms with Gasteiger partial charge in [-0.05, 0) is 58.1 Å². The Kier molecular flexibility index (Phi) is 5.80. The van der Waals surface area contributed by atoms with E-state index in [0.29, 0.717) is 6.42 Å². The molecule has 0 fully saturated rings. The lowest BCUT2D eigenvalue weighted by molar-refractivity contribution is 0.0993. The molecule has 0 spiro atoms. The van der Waals surface area contributed by atoms with Crippen molar-refractivity contribution in [1.82, 2.24) is 0 Å². The van der Waals surface area contributed by atoms with Gasteiger partial charge in [-0.15, -0.1) is 11.3 Å². The number of ether oxygens (including phenoxy) is 1. The van der Waals surface area contributed by atoms with Gasteiger partial charge in [0.25, 0.3) is 0 Å². The molecule has 0 N–H and O–H groups in total. The summed E-state index contributed by atoms with van der Waals surface area (Å²) in [6.07, 6.45) is 2.60. The van der Waals surface area contributed by atoms with Crippen molar-refractivity contribution in [3.63, 3.8) is 0 Å². The number of halogens is 1. The average molecular weight is 353 g/mol. The van der Waals surface area contributed by atoms with Crippen molar-refractivity contribution in [2.24, 2.45) is 0 Å². The monoisotopic (exact) mass is 352 g/mol. The fraction of sp³-hybridized carbons (Fsp3) is 0.312. The SMILES string of the molecule is CCCCOc1ccc(C(=O)Cc2sccc2Br)cc1. The maximum Gasteiger partial charge on any atom is 0.168 e. The van der Waals surface area contributed by atoms with Gasteiger partial charge in [0.15, 0.2) is 5.78 Å². The largest absolute Gasteiger partial charge is 0.494 e. The normalized spacial score (nSPS) is 10.5. The number of hydrogen-bond acceptors (Lipinski definition) is 3. The fourth-order valence-electron chi connectivity index (χ4n) is 1.77. The molecular weight excluding hydrogens is 336 g/mol. The number of rotatable bonds is 7. The van der Waals surface area contributed by atoms with Gasteiger partial charge in [-0.1, -0.05) is 13.3 Å². The molecule has 0 unspecified atom stereocenters.